The maximum absolute atomic E-state index is 4.55. The van der Waals surface area contributed by atoms with Gasteiger partial charge in [0.25, 0.3) is 0 Å². The van der Waals surface area contributed by atoms with Gasteiger partial charge in [0.1, 0.15) is 25.9 Å². The Hall–Kier alpha value is -5.76. The summed E-state index contributed by atoms with van der Waals surface area (Å²) < 4.78 is 1.89. The minimum atomic E-state index is 0.432. The molecule has 0 aliphatic heterocycles. The van der Waals surface area contributed by atoms with Gasteiger partial charge in [-0.15, -0.1) is 16.5 Å². The molecule has 6 aromatic heterocycles. The van der Waals surface area contributed by atoms with Crippen LogP contribution < -0.4 is 0 Å². The van der Waals surface area contributed by atoms with Gasteiger partial charge in [-0.05, 0) is 115 Å². The van der Waals surface area contributed by atoms with Crippen molar-refractivity contribution >= 4 is 23.8 Å². The molecule has 320 valence electrons. The number of rotatable bonds is 7. The van der Waals surface area contributed by atoms with Crippen molar-refractivity contribution in [1.82, 2.24) is 44.7 Å². The zero-order chi connectivity index (χ0) is 44.0. The van der Waals surface area contributed by atoms with Gasteiger partial charge in [0.2, 0.25) is 0 Å². The largest absolute Gasteiger partial charge is 0.399 e. The molecule has 0 spiro atoms. The maximum Gasteiger partial charge on any atom is 0.125 e. The van der Waals surface area contributed by atoms with Crippen molar-refractivity contribution in [3.05, 3.63) is 143 Å². The highest BCUT2D eigenvalue weighted by molar-refractivity contribution is 7.07. The monoisotopic (exact) mass is 826 g/mol. The average Bonchev–Trinajstić information content (AvgIpc) is 3.59. The molecule has 1 saturated carbocycles. The van der Waals surface area contributed by atoms with Crippen LogP contribution in [0.5, 0.6) is 0 Å². The Kier molecular flexibility index (Phi) is 31.9. The molecule has 6 aromatic rings. The van der Waals surface area contributed by atoms with Gasteiger partial charge in [-0.3, -0.25) is 14.6 Å². The van der Waals surface area contributed by atoms with Crippen molar-refractivity contribution in [3.63, 3.8) is 0 Å². The molecule has 0 N–H and O–H groups in total. The third-order valence-electron chi connectivity index (χ3n) is 7.62. The molecule has 59 heavy (non-hydrogen) atoms. The second kappa shape index (κ2) is 35.4. The maximum atomic E-state index is 4.55. The lowest BCUT2D eigenvalue weighted by molar-refractivity contribution is 0.160. The predicted octanol–water partition coefficient (Wildman–Crippen LogP) is 10.0. The van der Waals surface area contributed by atoms with Crippen LogP contribution in [0.2, 0.25) is 0 Å². The summed E-state index contributed by atoms with van der Waals surface area (Å²) in [5, 5.41) is 12.9. The molecule has 0 atom stereocenters. The summed E-state index contributed by atoms with van der Waals surface area (Å²) in [4.78, 5) is 36.8. The molecule has 0 amide bonds. The van der Waals surface area contributed by atoms with Crippen LogP contribution in [-0.2, 0) is 41.4 Å². The van der Waals surface area contributed by atoms with Gasteiger partial charge in [-0.25, -0.2) is 24.9 Å². The molecule has 6 heterocycles. The van der Waals surface area contributed by atoms with Crippen LogP contribution in [0.3, 0.4) is 0 Å². The highest BCUT2D eigenvalue weighted by atomic mass is 32.1. The molecular weight excluding hydrogens is 759 g/mol. The summed E-state index contributed by atoms with van der Waals surface area (Å²) in [5.74, 6) is 0.829. The zero-order valence-electron chi connectivity index (χ0n) is 37.4. The third-order valence-corrected chi connectivity index (χ3v) is 8.26. The van der Waals surface area contributed by atoms with Crippen LogP contribution in [0.4, 0.5) is 0 Å². The number of hydrogen-bond donors (Lipinski definition) is 0. The van der Waals surface area contributed by atoms with Crippen molar-refractivity contribution in [1.29, 1.82) is 0 Å². The van der Waals surface area contributed by atoms with Gasteiger partial charge in [0.05, 0.1) is 11.2 Å². The third kappa shape index (κ3) is 29.2. The summed E-state index contributed by atoms with van der Waals surface area (Å²) >= 11 is 1.65. The number of pyridine rings is 2. The summed E-state index contributed by atoms with van der Waals surface area (Å²) in [7, 11) is 3.47. The van der Waals surface area contributed by atoms with Gasteiger partial charge in [-0.2, -0.15) is 5.10 Å². The van der Waals surface area contributed by atoms with Crippen LogP contribution in [0.1, 0.15) is 101 Å². The van der Waals surface area contributed by atoms with Crippen LogP contribution in [-0.4, -0.2) is 70.8 Å². The minimum Gasteiger partial charge on any atom is -0.399 e. The molecule has 1 aliphatic carbocycles. The number of thiazole rings is 1. The summed E-state index contributed by atoms with van der Waals surface area (Å²) in [5.41, 5.74) is 9.40. The SMILES string of the molecule is CC1(c2ccccn2)CC1.CC=NOC.CC=NOCC.CCc1ccccn1.CCc1ccnn1C.CCc1cscn1.Cc1cnc(C)nc1.Cc1cncnc1. The smallest absolute Gasteiger partial charge is 0.125 e. The van der Waals surface area contributed by atoms with E-state index in [1.165, 1.54) is 43.4 Å². The van der Waals surface area contributed by atoms with E-state index in [0.29, 0.717) is 12.0 Å². The number of oxime groups is 2. The van der Waals surface area contributed by atoms with Crippen molar-refractivity contribution < 1.29 is 9.68 Å². The highest BCUT2D eigenvalue weighted by Crippen LogP contribution is 2.46. The molecule has 1 aliphatic rings. The van der Waals surface area contributed by atoms with E-state index >= 15 is 0 Å². The summed E-state index contributed by atoms with van der Waals surface area (Å²) in [6.45, 7) is 20.6. The average molecular weight is 826 g/mol. The molecule has 13 nitrogen and oxygen atoms in total. The van der Waals surface area contributed by atoms with Crippen molar-refractivity contribution in [2.45, 2.75) is 107 Å². The van der Waals surface area contributed by atoms with Crippen LogP contribution in [0.25, 0.3) is 0 Å². The molecule has 0 saturated heterocycles. The first kappa shape index (κ1) is 53.2. The fourth-order valence-electron chi connectivity index (χ4n) is 4.02. The first-order chi connectivity index (χ1) is 28.5. The second-order valence-corrected chi connectivity index (χ2v) is 13.4. The first-order valence-electron chi connectivity index (χ1n) is 19.8. The van der Waals surface area contributed by atoms with Gasteiger partial charge in [0, 0.05) is 90.7 Å². The molecule has 0 bridgehead atoms. The molecule has 0 aromatic carbocycles. The summed E-state index contributed by atoms with van der Waals surface area (Å²) in [6, 6.07) is 14.1. The van der Waals surface area contributed by atoms with E-state index in [0.717, 1.165) is 41.9 Å². The van der Waals surface area contributed by atoms with E-state index in [1.54, 1.807) is 43.1 Å². The Morgan fingerprint density at radius 2 is 1.34 bits per heavy atom. The van der Waals surface area contributed by atoms with Gasteiger partial charge in [-0.1, -0.05) is 45.0 Å². The van der Waals surface area contributed by atoms with Crippen molar-refractivity contribution in [2.24, 2.45) is 17.4 Å². The topological polar surface area (TPSA) is 151 Å². The Balaban J connectivity index is 0.000000657. The molecule has 1 fully saturated rings. The second-order valence-electron chi connectivity index (χ2n) is 12.6. The van der Waals surface area contributed by atoms with Gasteiger partial charge >= 0.3 is 0 Å². The lowest BCUT2D eigenvalue weighted by atomic mass is 10.1. The van der Waals surface area contributed by atoms with Crippen molar-refractivity contribution in [3.8, 4) is 0 Å². The Morgan fingerprint density at radius 3 is 1.63 bits per heavy atom. The normalized spacial score (nSPS) is 11.2. The van der Waals surface area contributed by atoms with E-state index in [-0.39, 0.29) is 0 Å². The quantitative estimate of drug-likeness (QED) is 0.112. The number of aryl methyl sites for hydroxylation is 7. The fraction of sp³-hybridized carbons (Fsp3) is 0.422. The minimum absolute atomic E-state index is 0.432. The molecule has 14 heteroatoms. The van der Waals surface area contributed by atoms with Gasteiger partial charge in [0.15, 0.2) is 0 Å². The van der Waals surface area contributed by atoms with E-state index < -0.39 is 0 Å². The standard InChI is InChI=1S/C9H11N.C7H9N.C6H8N2.C6H10N2.C5H6N2.C5H7NS.C4H9NO.C3H7NO/c1-9(5-6-9)8-4-2-3-7-10-8;1-2-7-5-3-4-6-8-7;1-5-3-7-6(2)8-4-5;1-3-6-4-5-7-8(6)2;1-5-2-6-4-7-3-5;1-2-5-3-7-4-6-5;1-3-5-6-4-2;1-3-4-5-2/h2-4,7H,5-6H2,1H3;3-6H,2H2,1H3;3-4H,1-2H3;4-5H,3H2,1-2H3;2-4H,1H3;3-4H,2H2,1H3;3H,4H2,1-2H3;3H,1-2H3. The lowest BCUT2D eigenvalue weighted by Gasteiger charge is -2.04. The Morgan fingerprint density at radius 1 is 0.729 bits per heavy atom. The molecular formula is C45H67N11O2S. The molecule has 0 unspecified atom stereocenters. The van der Waals surface area contributed by atoms with E-state index in [2.05, 4.69) is 105 Å². The highest BCUT2D eigenvalue weighted by Gasteiger charge is 2.39. The van der Waals surface area contributed by atoms with Crippen LogP contribution in [0, 0.1) is 20.8 Å². The number of nitrogens with zero attached hydrogens (tertiary/aromatic N) is 11. The Labute approximate surface area is 357 Å². The lowest BCUT2D eigenvalue weighted by Crippen LogP contribution is -2.01. The van der Waals surface area contributed by atoms with Crippen molar-refractivity contribution in [2.75, 3.05) is 13.7 Å². The zero-order valence-corrected chi connectivity index (χ0v) is 38.2. The van der Waals surface area contributed by atoms with E-state index in [1.807, 2.05) is 113 Å². The molecule has 7 rings (SSSR count). The van der Waals surface area contributed by atoms with E-state index in [4.69, 9.17) is 0 Å². The Bertz CT molecular complexity index is 1820. The molecule has 0 radical (unpaired) electrons. The van der Waals surface area contributed by atoms with Gasteiger partial charge < -0.3 is 9.68 Å². The van der Waals surface area contributed by atoms with E-state index in [9.17, 15) is 0 Å². The number of aromatic nitrogens is 9. The first-order valence-corrected chi connectivity index (χ1v) is 20.7. The number of hydrogen-bond acceptors (Lipinski definition) is 13. The van der Waals surface area contributed by atoms with Crippen LogP contribution in [0.15, 0.2) is 113 Å². The fourth-order valence-corrected chi connectivity index (χ4v) is 4.66. The van der Waals surface area contributed by atoms with Crippen LogP contribution >= 0.6 is 11.3 Å². The predicted molar refractivity (Wildman–Crippen MR) is 244 cm³/mol. The summed E-state index contributed by atoms with van der Waals surface area (Å²) in [6.07, 6.45) is 23.2.